The van der Waals surface area contributed by atoms with Crippen molar-refractivity contribution >= 4 is 0 Å². The first-order valence-corrected chi connectivity index (χ1v) is 14.7. The number of aromatic hydroxyl groups is 2. The summed E-state index contributed by atoms with van der Waals surface area (Å²) < 4.78 is 22.6. The third-order valence-corrected chi connectivity index (χ3v) is 8.46. The molecule has 0 aromatic heterocycles. The maximum atomic E-state index is 10.4. The maximum Gasteiger partial charge on any atom is 0.169 e. The molecule has 2 aliphatic heterocycles. The van der Waals surface area contributed by atoms with Gasteiger partial charge >= 0.3 is 0 Å². The minimum absolute atomic E-state index is 0.0580. The summed E-state index contributed by atoms with van der Waals surface area (Å²) in [7, 11) is 4.79. The Hall–Kier alpha value is -4.40. The largest absolute Gasteiger partial charge is 0.504 e. The highest BCUT2D eigenvalue weighted by molar-refractivity contribution is 5.51. The number of hydrogen-bond donors (Lipinski definition) is 4. The fraction of sp³-hybridized carbons (Fsp3) is 0.314. The van der Waals surface area contributed by atoms with Crippen molar-refractivity contribution in [2.45, 2.75) is 37.8 Å². The molecule has 43 heavy (non-hydrogen) atoms. The van der Waals surface area contributed by atoms with Crippen LogP contribution in [0.3, 0.4) is 0 Å². The zero-order valence-corrected chi connectivity index (χ0v) is 24.8. The first-order chi connectivity index (χ1) is 20.9. The summed E-state index contributed by atoms with van der Waals surface area (Å²) in [5.41, 5.74) is 6.84. The Morgan fingerprint density at radius 2 is 1.12 bits per heavy atom. The van der Waals surface area contributed by atoms with E-state index in [0.29, 0.717) is 23.0 Å². The molecule has 0 fully saturated rings. The van der Waals surface area contributed by atoms with Gasteiger partial charge in [-0.05, 0) is 121 Å². The van der Waals surface area contributed by atoms with Crippen molar-refractivity contribution in [3.63, 3.8) is 0 Å². The zero-order valence-electron chi connectivity index (χ0n) is 24.8. The lowest BCUT2D eigenvalue weighted by Gasteiger charge is -2.28. The number of methoxy groups -OCH3 is 3. The van der Waals surface area contributed by atoms with E-state index in [1.54, 1.807) is 21.3 Å². The van der Waals surface area contributed by atoms with Crippen LogP contribution in [0.15, 0.2) is 66.7 Å². The lowest BCUT2D eigenvalue weighted by Crippen LogP contribution is -2.31. The molecular formula is C35H38N2O6. The van der Waals surface area contributed by atoms with Crippen LogP contribution in [0.2, 0.25) is 0 Å². The van der Waals surface area contributed by atoms with Crippen LogP contribution in [0.25, 0.3) is 0 Å². The van der Waals surface area contributed by atoms with E-state index in [-0.39, 0.29) is 23.6 Å². The first-order valence-electron chi connectivity index (χ1n) is 14.7. The van der Waals surface area contributed by atoms with Crippen LogP contribution in [-0.2, 0) is 25.7 Å². The van der Waals surface area contributed by atoms with Gasteiger partial charge in [0.15, 0.2) is 34.5 Å². The van der Waals surface area contributed by atoms with Crippen molar-refractivity contribution in [3.05, 3.63) is 100 Å². The molecule has 4 aromatic rings. The summed E-state index contributed by atoms with van der Waals surface area (Å²) in [5, 5.41) is 27.9. The average molecular weight is 583 g/mol. The third kappa shape index (κ3) is 6.07. The van der Waals surface area contributed by atoms with E-state index in [0.717, 1.165) is 66.8 Å². The van der Waals surface area contributed by atoms with Crippen LogP contribution in [0.5, 0.6) is 40.2 Å². The van der Waals surface area contributed by atoms with Crippen molar-refractivity contribution < 1.29 is 29.2 Å². The minimum atomic E-state index is 0.0580. The molecule has 8 heteroatoms. The predicted molar refractivity (Wildman–Crippen MR) is 165 cm³/mol. The van der Waals surface area contributed by atoms with Crippen molar-refractivity contribution in [1.82, 2.24) is 10.6 Å². The Labute approximate surface area is 252 Å². The number of fused-ring (bicyclic) bond motifs is 2. The number of rotatable bonds is 9. The van der Waals surface area contributed by atoms with Crippen LogP contribution in [0.4, 0.5) is 0 Å². The van der Waals surface area contributed by atoms with Gasteiger partial charge in [0.05, 0.1) is 21.3 Å². The molecule has 8 nitrogen and oxygen atoms in total. The molecule has 4 aromatic carbocycles. The van der Waals surface area contributed by atoms with Crippen LogP contribution in [0, 0.1) is 0 Å². The van der Waals surface area contributed by atoms with Gasteiger partial charge in [-0.1, -0.05) is 18.2 Å². The highest BCUT2D eigenvalue weighted by Gasteiger charge is 2.24. The van der Waals surface area contributed by atoms with E-state index < -0.39 is 0 Å². The van der Waals surface area contributed by atoms with Gasteiger partial charge in [-0.2, -0.15) is 0 Å². The minimum Gasteiger partial charge on any atom is -0.504 e. The lowest BCUT2D eigenvalue weighted by atomic mass is 9.89. The number of phenolic OH excluding ortho intramolecular Hbond substituents is 2. The predicted octanol–water partition coefficient (Wildman–Crippen LogP) is 5.77. The van der Waals surface area contributed by atoms with E-state index in [1.807, 2.05) is 48.5 Å². The quantitative estimate of drug-likeness (QED) is 0.197. The Kier molecular flexibility index (Phi) is 8.31. The third-order valence-electron chi connectivity index (χ3n) is 8.46. The molecular weight excluding hydrogens is 544 g/mol. The van der Waals surface area contributed by atoms with Gasteiger partial charge in [-0.25, -0.2) is 0 Å². The van der Waals surface area contributed by atoms with Gasteiger partial charge in [0.2, 0.25) is 0 Å². The van der Waals surface area contributed by atoms with Gasteiger partial charge in [0.1, 0.15) is 5.75 Å². The van der Waals surface area contributed by atoms with Crippen molar-refractivity contribution in [3.8, 4) is 40.2 Å². The van der Waals surface area contributed by atoms with E-state index >= 15 is 0 Å². The van der Waals surface area contributed by atoms with Gasteiger partial charge in [-0.15, -0.1) is 0 Å². The maximum absolute atomic E-state index is 10.4. The summed E-state index contributed by atoms with van der Waals surface area (Å²) in [6.45, 7) is 1.73. The number of nitrogens with one attached hydrogen (secondary N) is 2. The smallest absolute Gasteiger partial charge is 0.169 e. The normalized spacial score (nSPS) is 17.5. The molecule has 0 aliphatic carbocycles. The molecule has 2 heterocycles. The molecule has 0 radical (unpaired) electrons. The van der Waals surface area contributed by atoms with E-state index in [2.05, 4.69) is 28.8 Å². The number of hydrogen-bond acceptors (Lipinski definition) is 8. The molecule has 6 rings (SSSR count). The topological polar surface area (TPSA) is 101 Å². The monoisotopic (exact) mass is 582 g/mol. The summed E-state index contributed by atoms with van der Waals surface area (Å²) in [5.74, 6) is 3.36. The van der Waals surface area contributed by atoms with Gasteiger partial charge in [0.25, 0.3) is 0 Å². The molecule has 4 N–H and O–H groups in total. The fourth-order valence-corrected chi connectivity index (χ4v) is 6.23. The fourth-order valence-electron chi connectivity index (χ4n) is 6.23. The molecule has 0 amide bonds. The van der Waals surface area contributed by atoms with Crippen molar-refractivity contribution in [2.24, 2.45) is 0 Å². The second-order valence-corrected chi connectivity index (χ2v) is 11.1. The van der Waals surface area contributed by atoms with Crippen LogP contribution in [0.1, 0.15) is 45.5 Å². The van der Waals surface area contributed by atoms with Crippen LogP contribution in [-0.4, -0.2) is 44.6 Å². The lowest BCUT2D eigenvalue weighted by molar-refractivity contribution is 0.370. The average Bonchev–Trinajstić information content (AvgIpc) is 3.02. The Bertz CT molecular complexity index is 1600. The van der Waals surface area contributed by atoms with E-state index in [9.17, 15) is 10.2 Å². The molecule has 0 saturated carbocycles. The Morgan fingerprint density at radius 3 is 1.65 bits per heavy atom. The van der Waals surface area contributed by atoms with Crippen molar-refractivity contribution in [1.29, 1.82) is 0 Å². The molecule has 0 unspecified atom stereocenters. The molecule has 224 valence electrons. The summed E-state index contributed by atoms with van der Waals surface area (Å²) in [6.07, 6.45) is 3.30. The zero-order chi connectivity index (χ0) is 29.9. The SMILES string of the molecule is COc1cc2c(cc1O)[C@@H](Cc1ccc(Oc3cc(C[C@H]4NCCc5cc(OC)c(O)cc54)ccc3OC)cc1)NCC2. The van der Waals surface area contributed by atoms with Gasteiger partial charge < -0.3 is 39.8 Å². The number of benzene rings is 4. The first kappa shape index (κ1) is 28.7. The second kappa shape index (κ2) is 12.5. The molecule has 2 aliphatic rings. The summed E-state index contributed by atoms with van der Waals surface area (Å²) >= 11 is 0. The number of phenols is 2. The standard InChI is InChI=1S/C35H38N2O6/c1-40-32-9-6-22(15-29-27-20-31(39)34(42-3)18-24(27)11-13-37-29)16-35(32)43-25-7-4-21(5-8-25)14-28-26-19-30(38)33(41-2)17-23(26)10-12-36-28/h4-9,16-20,28-29,36-39H,10-15H2,1-3H3/t28-,29-/m1/s1. The highest BCUT2D eigenvalue weighted by Crippen LogP contribution is 2.39. The summed E-state index contributed by atoms with van der Waals surface area (Å²) in [4.78, 5) is 0. The molecule has 0 spiro atoms. The Morgan fingerprint density at radius 1 is 0.605 bits per heavy atom. The second-order valence-electron chi connectivity index (χ2n) is 11.1. The van der Waals surface area contributed by atoms with Crippen LogP contribution < -0.4 is 29.6 Å². The van der Waals surface area contributed by atoms with E-state index in [4.69, 9.17) is 18.9 Å². The Balaban J connectivity index is 1.17. The molecule has 2 atom stereocenters. The van der Waals surface area contributed by atoms with Crippen molar-refractivity contribution in [2.75, 3.05) is 34.4 Å². The van der Waals surface area contributed by atoms with Gasteiger partial charge in [0, 0.05) is 12.1 Å². The van der Waals surface area contributed by atoms with E-state index in [1.165, 1.54) is 11.1 Å². The van der Waals surface area contributed by atoms with Crippen LogP contribution >= 0.6 is 0 Å². The number of ether oxygens (including phenoxy) is 4. The molecule has 0 bridgehead atoms. The van der Waals surface area contributed by atoms with Gasteiger partial charge in [-0.3, -0.25) is 0 Å². The highest BCUT2D eigenvalue weighted by atomic mass is 16.5. The summed E-state index contributed by atoms with van der Waals surface area (Å²) in [6, 6.07) is 21.8. The molecule has 0 saturated heterocycles.